The molecule has 0 spiro atoms. The monoisotopic (exact) mass is 272 g/mol. The molecule has 0 aliphatic carbocycles. The summed E-state index contributed by atoms with van der Waals surface area (Å²) in [6.45, 7) is 4.09. The highest BCUT2D eigenvalue weighted by atomic mass is 17.1. The van der Waals surface area contributed by atoms with Crippen LogP contribution in [-0.4, -0.2) is 10.4 Å². The van der Waals surface area contributed by atoms with Crippen LogP contribution in [0.5, 0.6) is 5.75 Å². The Morgan fingerprint density at radius 3 is 2.05 bits per heavy atom. The molecule has 2 atom stereocenters. The molecule has 0 heterocycles. The van der Waals surface area contributed by atoms with Gasteiger partial charge < -0.3 is 9.99 Å². The van der Waals surface area contributed by atoms with Gasteiger partial charge in [0.1, 0.15) is 5.60 Å². The second-order valence-corrected chi connectivity index (χ2v) is 5.06. The van der Waals surface area contributed by atoms with Crippen molar-refractivity contribution >= 4 is 0 Å². The fourth-order valence-electron chi connectivity index (χ4n) is 2.49. The second kappa shape index (κ2) is 6.07. The minimum atomic E-state index is -1.05. The first-order valence-electron chi connectivity index (χ1n) is 6.82. The minimum absolute atomic E-state index is 0.0609. The molecule has 0 amide bonds. The van der Waals surface area contributed by atoms with Crippen LogP contribution in [0.1, 0.15) is 31.4 Å². The van der Waals surface area contributed by atoms with Gasteiger partial charge in [-0.25, -0.2) is 5.26 Å². The summed E-state index contributed by atoms with van der Waals surface area (Å²) in [5.74, 6) is 0.416. The largest absolute Gasteiger partial charge is 0.380 e. The Morgan fingerprint density at radius 2 is 1.55 bits per heavy atom. The van der Waals surface area contributed by atoms with Crippen LogP contribution in [-0.2, 0) is 5.60 Å². The summed E-state index contributed by atoms with van der Waals surface area (Å²) in [4.78, 5) is 4.19. The van der Waals surface area contributed by atoms with Crippen molar-refractivity contribution in [2.24, 2.45) is 5.92 Å². The molecule has 2 rings (SSSR count). The highest BCUT2D eigenvalue weighted by Gasteiger charge is 2.36. The summed E-state index contributed by atoms with van der Waals surface area (Å²) in [6.07, 6.45) is 0.851. The molecule has 3 nitrogen and oxygen atoms in total. The van der Waals surface area contributed by atoms with Gasteiger partial charge in [0.25, 0.3) is 0 Å². The molecule has 0 saturated heterocycles. The molecule has 0 bridgehead atoms. The van der Waals surface area contributed by atoms with E-state index in [1.54, 1.807) is 24.3 Å². The lowest BCUT2D eigenvalue weighted by Gasteiger charge is -2.35. The molecule has 1 unspecified atom stereocenters. The van der Waals surface area contributed by atoms with E-state index in [0.717, 1.165) is 17.5 Å². The average molecular weight is 272 g/mol. The zero-order chi connectivity index (χ0) is 14.6. The fourth-order valence-corrected chi connectivity index (χ4v) is 2.49. The van der Waals surface area contributed by atoms with Crippen molar-refractivity contribution in [1.82, 2.24) is 0 Å². The summed E-state index contributed by atoms with van der Waals surface area (Å²) in [6, 6.07) is 16.5. The van der Waals surface area contributed by atoms with E-state index in [0.29, 0.717) is 5.75 Å². The fraction of sp³-hybridized carbons (Fsp3) is 0.294. The Balaban J connectivity index is 2.51. The Bertz CT molecular complexity index is 536. The molecule has 20 heavy (non-hydrogen) atoms. The lowest BCUT2D eigenvalue weighted by atomic mass is 9.76. The van der Waals surface area contributed by atoms with Crippen molar-refractivity contribution in [2.75, 3.05) is 0 Å². The van der Waals surface area contributed by atoms with E-state index in [4.69, 9.17) is 5.26 Å². The van der Waals surface area contributed by atoms with Crippen molar-refractivity contribution in [3.63, 3.8) is 0 Å². The first-order chi connectivity index (χ1) is 9.62. The standard InChI is InChI=1S/C17H20O3/c1-3-13(2)17(18,14-7-5-4-6-8-14)15-9-11-16(20-19)12-10-15/h4-13,18-19H,3H2,1-2H3/t13-,17?/m1/s1. The molecule has 2 aromatic rings. The van der Waals surface area contributed by atoms with Gasteiger partial charge in [-0.2, -0.15) is 0 Å². The third-order valence-corrected chi connectivity index (χ3v) is 3.94. The van der Waals surface area contributed by atoms with Crippen molar-refractivity contribution in [2.45, 2.75) is 25.9 Å². The quantitative estimate of drug-likeness (QED) is 0.642. The molecule has 2 N–H and O–H groups in total. The summed E-state index contributed by atoms with van der Waals surface area (Å²) >= 11 is 0. The predicted octanol–water partition coefficient (Wildman–Crippen LogP) is 3.82. The van der Waals surface area contributed by atoms with Crippen LogP contribution in [0.2, 0.25) is 0 Å². The van der Waals surface area contributed by atoms with Crippen LogP contribution < -0.4 is 4.89 Å². The maximum absolute atomic E-state index is 11.3. The zero-order valence-electron chi connectivity index (χ0n) is 11.8. The third-order valence-electron chi connectivity index (χ3n) is 3.94. The van der Waals surface area contributed by atoms with Crippen molar-refractivity contribution in [1.29, 1.82) is 0 Å². The van der Waals surface area contributed by atoms with E-state index in [1.165, 1.54) is 0 Å². The van der Waals surface area contributed by atoms with Gasteiger partial charge in [-0.3, -0.25) is 0 Å². The van der Waals surface area contributed by atoms with Crippen molar-refractivity contribution in [3.05, 3.63) is 65.7 Å². The molecular formula is C17H20O3. The third kappa shape index (κ3) is 2.55. The van der Waals surface area contributed by atoms with Gasteiger partial charge in [0.15, 0.2) is 5.75 Å². The maximum atomic E-state index is 11.3. The first-order valence-corrected chi connectivity index (χ1v) is 6.82. The van der Waals surface area contributed by atoms with E-state index in [2.05, 4.69) is 11.8 Å². The molecule has 0 aliphatic heterocycles. The van der Waals surface area contributed by atoms with Gasteiger partial charge in [-0.05, 0) is 29.2 Å². The Kier molecular flexibility index (Phi) is 4.42. The SMILES string of the molecule is CC[C@@H](C)C(O)(c1ccccc1)c1ccc(OO)cc1. The molecule has 3 heteroatoms. The topological polar surface area (TPSA) is 49.7 Å². The highest BCUT2D eigenvalue weighted by molar-refractivity contribution is 5.39. The lowest BCUT2D eigenvalue weighted by molar-refractivity contribution is -0.137. The molecule has 106 valence electrons. The number of hydrogen-bond donors (Lipinski definition) is 2. The number of hydrogen-bond acceptors (Lipinski definition) is 3. The van der Waals surface area contributed by atoms with Gasteiger partial charge >= 0.3 is 0 Å². The Morgan fingerprint density at radius 1 is 1.00 bits per heavy atom. The van der Waals surface area contributed by atoms with E-state index in [-0.39, 0.29) is 5.92 Å². The van der Waals surface area contributed by atoms with Gasteiger partial charge in [0.2, 0.25) is 0 Å². The average Bonchev–Trinajstić information content (AvgIpc) is 2.54. The Labute approximate surface area is 119 Å². The van der Waals surface area contributed by atoms with E-state index in [1.807, 2.05) is 37.3 Å². The van der Waals surface area contributed by atoms with Crippen LogP contribution in [0.15, 0.2) is 54.6 Å². The molecule has 0 aromatic heterocycles. The summed E-state index contributed by atoms with van der Waals surface area (Å²) in [5, 5.41) is 19.9. The molecule has 0 fully saturated rings. The van der Waals surface area contributed by atoms with Crippen LogP contribution >= 0.6 is 0 Å². The van der Waals surface area contributed by atoms with Crippen LogP contribution in [0, 0.1) is 5.92 Å². The summed E-state index contributed by atoms with van der Waals surface area (Å²) in [5.41, 5.74) is 0.607. The van der Waals surface area contributed by atoms with Crippen LogP contribution in [0.25, 0.3) is 0 Å². The number of rotatable bonds is 5. The summed E-state index contributed by atoms with van der Waals surface area (Å²) in [7, 11) is 0. The van der Waals surface area contributed by atoms with Crippen molar-refractivity contribution < 1.29 is 15.3 Å². The van der Waals surface area contributed by atoms with Gasteiger partial charge in [0.05, 0.1) is 0 Å². The number of benzene rings is 2. The predicted molar refractivity (Wildman–Crippen MR) is 78.6 cm³/mol. The second-order valence-electron chi connectivity index (χ2n) is 5.06. The Hall–Kier alpha value is -1.84. The minimum Gasteiger partial charge on any atom is -0.380 e. The normalized spacial score (nSPS) is 15.4. The van der Waals surface area contributed by atoms with Gasteiger partial charge in [-0.15, -0.1) is 0 Å². The zero-order valence-corrected chi connectivity index (χ0v) is 11.8. The molecular weight excluding hydrogens is 252 g/mol. The van der Waals surface area contributed by atoms with Crippen LogP contribution in [0.4, 0.5) is 0 Å². The number of aliphatic hydroxyl groups is 1. The molecule has 0 aliphatic rings. The van der Waals surface area contributed by atoms with Gasteiger partial charge in [-0.1, -0.05) is 62.7 Å². The molecule has 2 aromatic carbocycles. The van der Waals surface area contributed by atoms with Gasteiger partial charge in [0, 0.05) is 0 Å². The van der Waals surface area contributed by atoms with Crippen molar-refractivity contribution in [3.8, 4) is 5.75 Å². The van der Waals surface area contributed by atoms with E-state index < -0.39 is 5.60 Å². The maximum Gasteiger partial charge on any atom is 0.165 e. The smallest absolute Gasteiger partial charge is 0.165 e. The first kappa shape index (κ1) is 14.6. The highest BCUT2D eigenvalue weighted by Crippen LogP contribution is 2.38. The molecule has 0 saturated carbocycles. The van der Waals surface area contributed by atoms with Crippen LogP contribution in [0.3, 0.4) is 0 Å². The lowest BCUT2D eigenvalue weighted by Crippen LogP contribution is -2.34. The summed E-state index contributed by atoms with van der Waals surface area (Å²) < 4.78 is 0. The molecule has 0 radical (unpaired) electrons. The van der Waals surface area contributed by atoms with E-state index >= 15 is 0 Å². The van der Waals surface area contributed by atoms with E-state index in [9.17, 15) is 5.11 Å².